The Morgan fingerprint density at radius 2 is 1.76 bits per heavy atom. The fraction of sp³-hybridized carbons (Fsp3) is 0.300. The molecule has 8 nitrogen and oxygen atoms in total. The fourth-order valence-corrected chi connectivity index (χ4v) is 4.60. The van der Waals surface area contributed by atoms with Gasteiger partial charge in [0.25, 0.3) is 5.91 Å². The maximum absolute atomic E-state index is 12.9. The van der Waals surface area contributed by atoms with E-state index in [9.17, 15) is 18.0 Å². The first-order chi connectivity index (χ1) is 13.7. The number of anilines is 1. The van der Waals surface area contributed by atoms with Gasteiger partial charge in [-0.05, 0) is 49.2 Å². The number of aryl methyl sites for hydroxylation is 1. The molecular weight excluding hydrogens is 394 g/mol. The van der Waals surface area contributed by atoms with Gasteiger partial charge in [0.2, 0.25) is 15.9 Å². The summed E-state index contributed by atoms with van der Waals surface area (Å²) in [6, 6.07) is 9.33. The number of hydrogen-bond donors (Lipinski definition) is 2. The minimum atomic E-state index is -3.72. The van der Waals surface area contributed by atoms with Crippen LogP contribution in [0.25, 0.3) is 0 Å². The van der Waals surface area contributed by atoms with Gasteiger partial charge in [0.15, 0.2) is 0 Å². The van der Waals surface area contributed by atoms with E-state index in [1.54, 1.807) is 38.1 Å². The first-order valence-electron chi connectivity index (χ1n) is 9.11. The van der Waals surface area contributed by atoms with Gasteiger partial charge in [0, 0.05) is 29.9 Å². The van der Waals surface area contributed by atoms with Gasteiger partial charge in [-0.3, -0.25) is 9.59 Å². The average molecular weight is 417 g/mol. The topological polar surface area (TPSA) is 119 Å². The van der Waals surface area contributed by atoms with Crippen LogP contribution in [-0.2, 0) is 14.8 Å². The molecule has 154 valence electrons. The number of sulfonamides is 1. The minimum Gasteiger partial charge on any atom is -0.379 e. The van der Waals surface area contributed by atoms with Crippen molar-refractivity contribution in [2.24, 2.45) is 5.73 Å². The number of primary amides is 1. The van der Waals surface area contributed by atoms with Crippen LogP contribution in [0.2, 0.25) is 0 Å². The molecule has 29 heavy (non-hydrogen) atoms. The highest BCUT2D eigenvalue weighted by atomic mass is 32.2. The van der Waals surface area contributed by atoms with Crippen LogP contribution in [0.1, 0.15) is 31.8 Å². The molecule has 3 N–H and O–H groups in total. The van der Waals surface area contributed by atoms with E-state index >= 15 is 0 Å². The first kappa shape index (κ1) is 21.0. The largest absolute Gasteiger partial charge is 0.379 e. The molecule has 2 aromatic carbocycles. The standard InChI is InChI=1S/C20H23N3O5S/c1-13-6-7-15(29(26,27)23-8-10-28-11-9-23)12-17(13)20(25)22-18-5-3-4-16(14(18)2)19(21)24/h3-7,12H,8-11H2,1-2H3,(H2,21,24)(H,22,25). The molecule has 0 unspecified atom stereocenters. The van der Waals surface area contributed by atoms with E-state index in [1.165, 1.54) is 16.4 Å². The van der Waals surface area contributed by atoms with Gasteiger partial charge < -0.3 is 15.8 Å². The molecule has 9 heteroatoms. The van der Waals surface area contributed by atoms with Crippen molar-refractivity contribution in [1.82, 2.24) is 4.31 Å². The third-order valence-electron chi connectivity index (χ3n) is 4.91. The van der Waals surface area contributed by atoms with Crippen molar-refractivity contribution in [3.05, 3.63) is 58.7 Å². The van der Waals surface area contributed by atoms with Crippen molar-refractivity contribution < 1.29 is 22.7 Å². The van der Waals surface area contributed by atoms with Crippen molar-refractivity contribution >= 4 is 27.5 Å². The number of morpholine rings is 1. The van der Waals surface area contributed by atoms with Crippen LogP contribution >= 0.6 is 0 Å². The lowest BCUT2D eigenvalue weighted by atomic mass is 10.0. The number of hydrogen-bond acceptors (Lipinski definition) is 5. The highest BCUT2D eigenvalue weighted by Gasteiger charge is 2.27. The van der Waals surface area contributed by atoms with Crippen LogP contribution in [0.5, 0.6) is 0 Å². The van der Waals surface area contributed by atoms with E-state index in [0.29, 0.717) is 35.6 Å². The number of carbonyl (C=O) groups is 2. The van der Waals surface area contributed by atoms with E-state index in [-0.39, 0.29) is 23.5 Å². The molecule has 1 heterocycles. The second-order valence-electron chi connectivity index (χ2n) is 6.79. The Bertz CT molecular complexity index is 1060. The van der Waals surface area contributed by atoms with Crippen LogP contribution in [-0.4, -0.2) is 50.8 Å². The molecule has 1 fully saturated rings. The number of ether oxygens (including phenoxy) is 1. The molecule has 1 aliphatic heterocycles. The van der Waals surface area contributed by atoms with Gasteiger partial charge in [-0.2, -0.15) is 4.31 Å². The molecule has 0 radical (unpaired) electrons. The Kier molecular flexibility index (Phi) is 6.02. The minimum absolute atomic E-state index is 0.0535. The quantitative estimate of drug-likeness (QED) is 0.767. The van der Waals surface area contributed by atoms with Gasteiger partial charge in [0.1, 0.15) is 0 Å². The van der Waals surface area contributed by atoms with Crippen molar-refractivity contribution in [2.45, 2.75) is 18.7 Å². The summed E-state index contributed by atoms with van der Waals surface area (Å²) in [5.41, 5.74) is 7.52. The Labute approximate surface area is 169 Å². The van der Waals surface area contributed by atoms with Crippen LogP contribution in [0.3, 0.4) is 0 Å². The van der Waals surface area contributed by atoms with Crippen molar-refractivity contribution in [3.63, 3.8) is 0 Å². The van der Waals surface area contributed by atoms with Gasteiger partial charge in [-0.25, -0.2) is 8.42 Å². The molecule has 1 aliphatic rings. The number of nitrogens with zero attached hydrogens (tertiary/aromatic N) is 1. The Morgan fingerprint density at radius 3 is 2.41 bits per heavy atom. The summed E-state index contributed by atoms with van der Waals surface area (Å²) in [6.45, 7) is 4.64. The van der Waals surface area contributed by atoms with Gasteiger partial charge >= 0.3 is 0 Å². The molecule has 0 atom stereocenters. The molecule has 2 amide bonds. The molecule has 0 aromatic heterocycles. The fourth-order valence-electron chi connectivity index (χ4n) is 3.17. The summed E-state index contributed by atoms with van der Waals surface area (Å²) >= 11 is 0. The van der Waals surface area contributed by atoms with Crippen LogP contribution in [0.4, 0.5) is 5.69 Å². The molecule has 0 aliphatic carbocycles. The maximum Gasteiger partial charge on any atom is 0.255 e. The molecule has 2 aromatic rings. The van der Waals surface area contributed by atoms with Crippen LogP contribution in [0, 0.1) is 13.8 Å². The van der Waals surface area contributed by atoms with Crippen molar-refractivity contribution in [1.29, 1.82) is 0 Å². The van der Waals surface area contributed by atoms with Crippen molar-refractivity contribution in [2.75, 3.05) is 31.6 Å². The molecule has 0 spiro atoms. The Hall–Kier alpha value is -2.75. The van der Waals surface area contributed by atoms with E-state index in [1.807, 2.05) is 0 Å². The normalized spacial score (nSPS) is 15.1. The molecular formula is C20H23N3O5S. The second-order valence-corrected chi connectivity index (χ2v) is 8.73. The molecule has 1 saturated heterocycles. The number of nitrogens with one attached hydrogen (secondary N) is 1. The zero-order valence-electron chi connectivity index (χ0n) is 16.3. The summed E-state index contributed by atoms with van der Waals surface area (Å²) < 4.78 is 32.3. The average Bonchev–Trinajstić information content (AvgIpc) is 2.70. The zero-order chi connectivity index (χ0) is 21.2. The Balaban J connectivity index is 1.91. The van der Waals surface area contributed by atoms with Crippen LogP contribution in [0.15, 0.2) is 41.3 Å². The predicted molar refractivity (Wildman–Crippen MR) is 108 cm³/mol. The number of carbonyl (C=O) groups excluding carboxylic acids is 2. The zero-order valence-corrected chi connectivity index (χ0v) is 17.1. The summed E-state index contributed by atoms with van der Waals surface area (Å²) in [5.74, 6) is -1.06. The van der Waals surface area contributed by atoms with Gasteiger partial charge in [0.05, 0.1) is 18.1 Å². The highest BCUT2D eigenvalue weighted by molar-refractivity contribution is 7.89. The lowest BCUT2D eigenvalue weighted by molar-refractivity contribution is 0.0730. The third kappa shape index (κ3) is 4.31. The summed E-state index contributed by atoms with van der Waals surface area (Å²) in [5, 5.41) is 2.75. The smallest absolute Gasteiger partial charge is 0.255 e. The number of rotatable bonds is 5. The molecule has 0 bridgehead atoms. The van der Waals surface area contributed by atoms with Crippen molar-refractivity contribution in [3.8, 4) is 0 Å². The summed E-state index contributed by atoms with van der Waals surface area (Å²) in [7, 11) is -3.72. The molecule has 0 saturated carbocycles. The van der Waals surface area contributed by atoms with E-state index in [2.05, 4.69) is 5.32 Å². The summed E-state index contributed by atoms with van der Waals surface area (Å²) in [6.07, 6.45) is 0. The number of nitrogens with two attached hydrogens (primary N) is 1. The third-order valence-corrected chi connectivity index (χ3v) is 6.80. The first-order valence-corrected chi connectivity index (χ1v) is 10.5. The second kappa shape index (κ2) is 8.32. The number of benzene rings is 2. The molecule has 3 rings (SSSR count). The highest BCUT2D eigenvalue weighted by Crippen LogP contribution is 2.23. The van der Waals surface area contributed by atoms with E-state index in [4.69, 9.17) is 10.5 Å². The number of amides is 2. The van der Waals surface area contributed by atoms with E-state index in [0.717, 1.165) is 0 Å². The Morgan fingerprint density at radius 1 is 1.07 bits per heavy atom. The van der Waals surface area contributed by atoms with E-state index < -0.39 is 21.8 Å². The predicted octanol–water partition coefficient (Wildman–Crippen LogP) is 1.68. The lowest BCUT2D eigenvalue weighted by Gasteiger charge is -2.26. The van der Waals surface area contributed by atoms with Gasteiger partial charge in [-0.15, -0.1) is 0 Å². The maximum atomic E-state index is 12.9. The summed E-state index contributed by atoms with van der Waals surface area (Å²) in [4.78, 5) is 24.4. The SMILES string of the molecule is Cc1ccc(S(=O)(=O)N2CCOCC2)cc1C(=O)Nc1cccc(C(N)=O)c1C. The lowest BCUT2D eigenvalue weighted by Crippen LogP contribution is -2.40. The van der Waals surface area contributed by atoms with Crippen LogP contribution < -0.4 is 11.1 Å². The van der Waals surface area contributed by atoms with Gasteiger partial charge in [-0.1, -0.05) is 12.1 Å². The monoisotopic (exact) mass is 417 g/mol.